The normalized spacial score (nSPS) is 11.2. The van der Waals surface area contributed by atoms with Crippen LogP contribution in [-0.4, -0.2) is 55.0 Å². The molecule has 1 aromatic carbocycles. The van der Waals surface area contributed by atoms with Gasteiger partial charge in [-0.05, 0) is 32.3 Å². The number of aromatic nitrogens is 1. The molecule has 2 aromatic heterocycles. The first-order valence-corrected chi connectivity index (χ1v) is 10.2. The van der Waals surface area contributed by atoms with E-state index in [0.29, 0.717) is 34.5 Å². The van der Waals surface area contributed by atoms with Crippen LogP contribution in [0.15, 0.2) is 24.3 Å². The summed E-state index contributed by atoms with van der Waals surface area (Å²) in [5.74, 6) is 0.225. The number of nitro groups is 1. The number of rotatable bonds is 7. The van der Waals surface area contributed by atoms with E-state index in [9.17, 15) is 14.9 Å². The molecular weight excluding hydrogens is 424 g/mol. The van der Waals surface area contributed by atoms with Crippen LogP contribution in [0.25, 0.3) is 10.2 Å². The quantitative estimate of drug-likeness (QED) is 0.405. The van der Waals surface area contributed by atoms with Crippen molar-refractivity contribution in [3.63, 3.8) is 0 Å². The van der Waals surface area contributed by atoms with E-state index >= 15 is 0 Å². The lowest BCUT2D eigenvalue weighted by Crippen LogP contribution is -2.36. The Labute approximate surface area is 174 Å². The van der Waals surface area contributed by atoms with Gasteiger partial charge in [0.15, 0.2) is 5.13 Å². The fraction of sp³-hybridized carbons (Fsp3) is 0.294. The van der Waals surface area contributed by atoms with Crippen LogP contribution in [0.3, 0.4) is 0 Å². The molecule has 0 bridgehead atoms. The summed E-state index contributed by atoms with van der Waals surface area (Å²) in [6.45, 7) is 0.970. The second kappa shape index (κ2) is 8.39. The van der Waals surface area contributed by atoms with E-state index in [0.717, 1.165) is 16.0 Å². The lowest BCUT2D eigenvalue weighted by Gasteiger charge is -2.21. The SMILES string of the molecule is COc1ccc(Cl)c2sc(N(CCN(C)C)C(=O)c3ccc([N+](=O)[O-])s3)nc12. The van der Waals surface area contributed by atoms with Crippen molar-refractivity contribution in [1.82, 2.24) is 9.88 Å². The Morgan fingerprint density at radius 1 is 1.25 bits per heavy atom. The van der Waals surface area contributed by atoms with Crippen LogP contribution in [0.2, 0.25) is 5.02 Å². The van der Waals surface area contributed by atoms with Crippen molar-refractivity contribution in [2.24, 2.45) is 0 Å². The third-order valence-corrected chi connectivity index (χ3v) is 6.46. The number of hydrogen-bond donors (Lipinski definition) is 0. The predicted octanol–water partition coefficient (Wildman–Crippen LogP) is 4.14. The molecule has 0 aliphatic heterocycles. The molecule has 0 atom stereocenters. The van der Waals surface area contributed by atoms with Crippen LogP contribution >= 0.6 is 34.3 Å². The number of halogens is 1. The van der Waals surface area contributed by atoms with Crippen LogP contribution in [-0.2, 0) is 0 Å². The van der Waals surface area contributed by atoms with E-state index in [2.05, 4.69) is 4.98 Å². The first-order valence-electron chi connectivity index (χ1n) is 8.15. The summed E-state index contributed by atoms with van der Waals surface area (Å²) in [4.78, 5) is 31.9. The lowest BCUT2D eigenvalue weighted by molar-refractivity contribution is -0.380. The first kappa shape index (κ1) is 20.5. The van der Waals surface area contributed by atoms with Crippen LogP contribution in [0.4, 0.5) is 10.1 Å². The second-order valence-corrected chi connectivity index (χ2v) is 8.53. The average Bonchev–Trinajstić information content (AvgIpc) is 3.30. The van der Waals surface area contributed by atoms with E-state index in [-0.39, 0.29) is 15.8 Å². The summed E-state index contributed by atoms with van der Waals surface area (Å²) in [5, 5.41) is 11.9. The van der Waals surface area contributed by atoms with Gasteiger partial charge < -0.3 is 9.64 Å². The minimum atomic E-state index is -0.506. The van der Waals surface area contributed by atoms with Crippen molar-refractivity contribution in [3.05, 3.63) is 44.3 Å². The Hall–Kier alpha value is -2.27. The number of likely N-dealkylation sites (N-methyl/N-ethyl adjacent to an activating group) is 1. The molecule has 0 spiro atoms. The molecule has 0 unspecified atom stereocenters. The molecule has 3 rings (SSSR count). The fourth-order valence-electron chi connectivity index (χ4n) is 2.48. The Morgan fingerprint density at radius 2 is 2.00 bits per heavy atom. The third-order valence-electron chi connectivity index (χ3n) is 3.90. The zero-order valence-corrected chi connectivity index (χ0v) is 17.7. The molecule has 0 aliphatic carbocycles. The third kappa shape index (κ3) is 4.09. The maximum atomic E-state index is 13.1. The summed E-state index contributed by atoms with van der Waals surface area (Å²) in [5.41, 5.74) is 0.579. The number of nitrogens with zero attached hydrogens (tertiary/aromatic N) is 4. The standard InChI is InChI=1S/C17H17ClN4O4S2/c1-20(2)8-9-21(16(23)12-6-7-13(27-12)22(24)25)17-19-14-11(26-3)5-4-10(18)15(14)28-17/h4-7H,8-9H2,1-3H3. The Morgan fingerprint density at radius 3 is 2.61 bits per heavy atom. The van der Waals surface area contributed by atoms with Gasteiger partial charge in [0, 0.05) is 19.2 Å². The summed E-state index contributed by atoms with van der Waals surface area (Å²) in [6, 6.07) is 6.25. The van der Waals surface area contributed by atoms with E-state index in [1.165, 1.54) is 28.4 Å². The second-order valence-electron chi connectivity index (χ2n) is 6.08. The van der Waals surface area contributed by atoms with Gasteiger partial charge >= 0.3 is 5.00 Å². The molecule has 1 amide bonds. The Balaban J connectivity index is 2.04. The highest BCUT2D eigenvalue weighted by molar-refractivity contribution is 7.23. The fourth-order valence-corrected chi connectivity index (χ4v) is 4.53. The van der Waals surface area contributed by atoms with E-state index < -0.39 is 4.92 Å². The molecule has 0 saturated carbocycles. The van der Waals surface area contributed by atoms with Gasteiger partial charge in [-0.1, -0.05) is 34.3 Å². The maximum absolute atomic E-state index is 13.1. The lowest BCUT2D eigenvalue weighted by atomic mass is 10.3. The van der Waals surface area contributed by atoms with Gasteiger partial charge in [0.05, 0.1) is 26.6 Å². The summed E-state index contributed by atoms with van der Waals surface area (Å²) < 4.78 is 6.07. The minimum Gasteiger partial charge on any atom is -0.494 e. The molecule has 0 N–H and O–H groups in total. The highest BCUT2D eigenvalue weighted by Gasteiger charge is 2.25. The molecule has 0 saturated heterocycles. The monoisotopic (exact) mass is 440 g/mol. The zero-order chi connectivity index (χ0) is 20.4. The zero-order valence-electron chi connectivity index (χ0n) is 15.3. The molecule has 2 heterocycles. The maximum Gasteiger partial charge on any atom is 0.324 e. The smallest absolute Gasteiger partial charge is 0.324 e. The largest absolute Gasteiger partial charge is 0.494 e. The van der Waals surface area contributed by atoms with Crippen LogP contribution < -0.4 is 9.64 Å². The van der Waals surface area contributed by atoms with Gasteiger partial charge in [-0.15, -0.1) is 0 Å². The van der Waals surface area contributed by atoms with Crippen LogP contribution in [0, 0.1) is 10.1 Å². The number of carbonyl (C=O) groups is 1. The average molecular weight is 441 g/mol. The highest BCUT2D eigenvalue weighted by Crippen LogP contribution is 2.39. The van der Waals surface area contributed by atoms with Crippen molar-refractivity contribution >= 4 is 60.5 Å². The first-order chi connectivity index (χ1) is 13.3. The van der Waals surface area contributed by atoms with Gasteiger partial charge in [-0.2, -0.15) is 0 Å². The van der Waals surface area contributed by atoms with Gasteiger partial charge in [0.25, 0.3) is 5.91 Å². The molecule has 8 nitrogen and oxygen atoms in total. The molecule has 3 aromatic rings. The molecular formula is C17H17ClN4O4S2. The number of carbonyl (C=O) groups excluding carboxylic acids is 1. The molecule has 28 heavy (non-hydrogen) atoms. The number of fused-ring (bicyclic) bond motifs is 1. The van der Waals surface area contributed by atoms with E-state index in [4.69, 9.17) is 16.3 Å². The molecule has 0 fully saturated rings. The minimum absolute atomic E-state index is 0.0788. The number of hydrogen-bond acceptors (Lipinski definition) is 8. The summed E-state index contributed by atoms with van der Waals surface area (Å²) in [6.07, 6.45) is 0. The number of anilines is 1. The van der Waals surface area contributed by atoms with Crippen molar-refractivity contribution in [3.8, 4) is 5.75 Å². The number of thiophene rings is 1. The van der Waals surface area contributed by atoms with Gasteiger partial charge in [0.2, 0.25) is 0 Å². The van der Waals surface area contributed by atoms with E-state index in [1.807, 2.05) is 19.0 Å². The van der Waals surface area contributed by atoms with Gasteiger partial charge in [-0.3, -0.25) is 19.8 Å². The number of ether oxygens (including phenoxy) is 1. The number of amides is 1. The Bertz CT molecular complexity index is 1030. The number of methoxy groups -OCH3 is 1. The van der Waals surface area contributed by atoms with Crippen molar-refractivity contribution < 1.29 is 14.5 Å². The number of benzene rings is 1. The molecule has 148 valence electrons. The van der Waals surface area contributed by atoms with E-state index in [1.54, 1.807) is 19.2 Å². The van der Waals surface area contributed by atoms with Crippen molar-refractivity contribution in [1.29, 1.82) is 0 Å². The van der Waals surface area contributed by atoms with Gasteiger partial charge in [-0.25, -0.2) is 4.98 Å². The molecule has 0 aliphatic rings. The van der Waals surface area contributed by atoms with Crippen molar-refractivity contribution in [2.75, 3.05) is 39.2 Å². The predicted molar refractivity (Wildman–Crippen MR) is 112 cm³/mol. The van der Waals surface area contributed by atoms with Crippen LogP contribution in [0.1, 0.15) is 9.67 Å². The van der Waals surface area contributed by atoms with Crippen LogP contribution in [0.5, 0.6) is 5.75 Å². The topological polar surface area (TPSA) is 88.8 Å². The summed E-state index contributed by atoms with van der Waals surface area (Å²) >= 11 is 8.43. The van der Waals surface area contributed by atoms with Gasteiger partial charge in [0.1, 0.15) is 11.3 Å². The molecule has 11 heteroatoms. The van der Waals surface area contributed by atoms with Crippen molar-refractivity contribution in [2.45, 2.75) is 0 Å². The Kier molecular flexibility index (Phi) is 6.14. The highest BCUT2D eigenvalue weighted by atomic mass is 35.5. The molecule has 0 radical (unpaired) electrons. The summed E-state index contributed by atoms with van der Waals surface area (Å²) in [7, 11) is 5.34. The number of thiazole rings is 1.